The van der Waals surface area contributed by atoms with Crippen LogP contribution in [0.5, 0.6) is 11.5 Å². The van der Waals surface area contributed by atoms with Gasteiger partial charge in [0.15, 0.2) is 18.1 Å². The molecule has 0 aromatic heterocycles. The number of anilines is 2. The van der Waals surface area contributed by atoms with Gasteiger partial charge in [-0.1, -0.05) is 11.6 Å². The zero-order valence-electron chi connectivity index (χ0n) is 15.5. The summed E-state index contributed by atoms with van der Waals surface area (Å²) >= 11 is 5.99. The number of rotatable bonds is 7. The van der Waals surface area contributed by atoms with Gasteiger partial charge in [-0.05, 0) is 36.4 Å². The van der Waals surface area contributed by atoms with E-state index in [2.05, 4.69) is 15.4 Å². The van der Waals surface area contributed by atoms with E-state index in [1.165, 1.54) is 45.4 Å². The van der Waals surface area contributed by atoms with Crippen LogP contribution < -0.4 is 20.1 Å². The highest BCUT2D eigenvalue weighted by atomic mass is 35.5. The molecule has 2 aromatic rings. The van der Waals surface area contributed by atoms with Gasteiger partial charge in [-0.25, -0.2) is 4.79 Å². The number of hydrogen-bond donors (Lipinski definition) is 2. The van der Waals surface area contributed by atoms with Crippen molar-refractivity contribution in [3.8, 4) is 11.5 Å². The van der Waals surface area contributed by atoms with E-state index in [9.17, 15) is 14.4 Å². The molecule has 0 radical (unpaired) electrons. The van der Waals surface area contributed by atoms with E-state index in [0.29, 0.717) is 16.4 Å². The Balaban J connectivity index is 2.22. The van der Waals surface area contributed by atoms with E-state index in [4.69, 9.17) is 21.1 Å². The summed E-state index contributed by atoms with van der Waals surface area (Å²) in [5, 5.41) is 5.71. The van der Waals surface area contributed by atoms with Gasteiger partial charge in [0.2, 0.25) is 5.91 Å². The lowest BCUT2D eigenvalue weighted by molar-refractivity contribution is -0.142. The molecule has 148 valence electrons. The van der Waals surface area contributed by atoms with Crippen LogP contribution in [0.2, 0.25) is 5.02 Å². The number of carbonyl (C=O) groups is 3. The minimum atomic E-state index is -0.546. The summed E-state index contributed by atoms with van der Waals surface area (Å²) in [5.74, 6) is -0.732. The second-order valence-corrected chi connectivity index (χ2v) is 5.99. The number of benzene rings is 2. The zero-order chi connectivity index (χ0) is 20.7. The molecular weight excluding hydrogens is 388 g/mol. The van der Waals surface area contributed by atoms with Crippen molar-refractivity contribution in [1.82, 2.24) is 0 Å². The van der Waals surface area contributed by atoms with E-state index in [0.717, 1.165) is 0 Å². The van der Waals surface area contributed by atoms with Crippen LogP contribution in [0.25, 0.3) is 0 Å². The fraction of sp³-hybridized carbons (Fsp3) is 0.211. The molecule has 8 nitrogen and oxygen atoms in total. The Bertz CT molecular complexity index is 900. The van der Waals surface area contributed by atoms with Gasteiger partial charge in [0.1, 0.15) is 0 Å². The predicted molar refractivity (Wildman–Crippen MR) is 104 cm³/mol. The summed E-state index contributed by atoms with van der Waals surface area (Å²) in [4.78, 5) is 35.2. The fourth-order valence-electron chi connectivity index (χ4n) is 2.24. The van der Waals surface area contributed by atoms with Crippen LogP contribution >= 0.6 is 11.6 Å². The minimum absolute atomic E-state index is 0.268. The van der Waals surface area contributed by atoms with Crippen molar-refractivity contribution in [2.24, 2.45) is 0 Å². The van der Waals surface area contributed by atoms with Crippen LogP contribution in [0.1, 0.15) is 17.3 Å². The van der Waals surface area contributed by atoms with Crippen molar-refractivity contribution in [2.75, 3.05) is 31.5 Å². The van der Waals surface area contributed by atoms with Crippen molar-refractivity contribution in [3.63, 3.8) is 0 Å². The first-order chi connectivity index (χ1) is 13.3. The molecule has 28 heavy (non-hydrogen) atoms. The lowest BCUT2D eigenvalue weighted by Gasteiger charge is -2.14. The second kappa shape index (κ2) is 9.61. The van der Waals surface area contributed by atoms with Gasteiger partial charge in [0, 0.05) is 17.5 Å². The Morgan fingerprint density at radius 3 is 2.36 bits per heavy atom. The Kier molecular flexibility index (Phi) is 7.22. The Hall–Kier alpha value is -3.26. The summed E-state index contributed by atoms with van der Waals surface area (Å²) in [6.07, 6.45) is 0. The molecule has 0 aliphatic rings. The molecule has 0 aliphatic carbocycles. The van der Waals surface area contributed by atoms with Crippen LogP contribution in [0, 0.1) is 0 Å². The summed E-state index contributed by atoms with van der Waals surface area (Å²) in [5.41, 5.74) is 1.03. The molecule has 0 unspecified atom stereocenters. The van der Waals surface area contributed by atoms with Gasteiger partial charge in [-0.2, -0.15) is 0 Å². The van der Waals surface area contributed by atoms with Gasteiger partial charge in [-0.15, -0.1) is 0 Å². The number of amides is 2. The number of methoxy groups -OCH3 is 2. The third kappa shape index (κ3) is 5.62. The SMILES string of the molecule is COC(=O)COc1ccc(C(=O)Nc2cc(Cl)ccc2NC(C)=O)cc1OC. The van der Waals surface area contributed by atoms with Crippen LogP contribution in [-0.2, 0) is 14.3 Å². The first kappa shape index (κ1) is 21.0. The van der Waals surface area contributed by atoms with Gasteiger partial charge in [0.05, 0.1) is 25.6 Å². The summed E-state index contributed by atoms with van der Waals surface area (Å²) in [7, 11) is 2.66. The lowest BCUT2D eigenvalue weighted by atomic mass is 10.1. The summed E-state index contributed by atoms with van der Waals surface area (Å²) < 4.78 is 15.0. The number of halogens is 1. The van der Waals surface area contributed by atoms with Crippen molar-refractivity contribution >= 4 is 40.8 Å². The standard InChI is InChI=1S/C19H19ClN2O6/c1-11(23)21-14-6-5-13(20)9-15(14)22-19(25)12-4-7-16(17(8-12)26-2)28-10-18(24)27-3/h4-9H,10H2,1-3H3,(H,21,23)(H,22,25). The van der Waals surface area contributed by atoms with Crippen molar-refractivity contribution < 1.29 is 28.6 Å². The van der Waals surface area contributed by atoms with Gasteiger partial charge in [-0.3, -0.25) is 9.59 Å². The minimum Gasteiger partial charge on any atom is -0.493 e. The largest absolute Gasteiger partial charge is 0.493 e. The first-order valence-corrected chi connectivity index (χ1v) is 8.48. The average molecular weight is 407 g/mol. The highest BCUT2D eigenvalue weighted by Crippen LogP contribution is 2.30. The van der Waals surface area contributed by atoms with Crippen LogP contribution in [0.3, 0.4) is 0 Å². The van der Waals surface area contributed by atoms with Crippen LogP contribution in [0.4, 0.5) is 11.4 Å². The van der Waals surface area contributed by atoms with Crippen molar-refractivity contribution in [3.05, 3.63) is 47.0 Å². The molecule has 2 aromatic carbocycles. The highest BCUT2D eigenvalue weighted by Gasteiger charge is 2.15. The molecule has 0 atom stereocenters. The molecule has 0 saturated carbocycles. The van der Waals surface area contributed by atoms with E-state index < -0.39 is 11.9 Å². The molecule has 2 N–H and O–H groups in total. The molecule has 0 saturated heterocycles. The molecule has 2 amide bonds. The molecule has 0 heterocycles. The fourth-order valence-corrected chi connectivity index (χ4v) is 2.41. The topological polar surface area (TPSA) is 103 Å². The van der Waals surface area contributed by atoms with E-state index in [1.54, 1.807) is 12.1 Å². The Morgan fingerprint density at radius 1 is 0.964 bits per heavy atom. The van der Waals surface area contributed by atoms with Crippen LogP contribution in [0.15, 0.2) is 36.4 Å². The number of carbonyl (C=O) groups excluding carboxylic acids is 3. The third-order valence-corrected chi connectivity index (χ3v) is 3.77. The maximum absolute atomic E-state index is 12.6. The zero-order valence-corrected chi connectivity index (χ0v) is 16.3. The third-order valence-electron chi connectivity index (χ3n) is 3.54. The molecular formula is C19H19ClN2O6. The van der Waals surface area contributed by atoms with E-state index >= 15 is 0 Å². The van der Waals surface area contributed by atoms with Crippen molar-refractivity contribution in [2.45, 2.75) is 6.92 Å². The maximum atomic E-state index is 12.6. The number of nitrogens with one attached hydrogen (secondary N) is 2. The Morgan fingerprint density at radius 2 is 1.71 bits per heavy atom. The smallest absolute Gasteiger partial charge is 0.343 e. The summed E-state index contributed by atoms with van der Waals surface area (Å²) in [6.45, 7) is 1.07. The van der Waals surface area contributed by atoms with Gasteiger partial charge in [0.25, 0.3) is 5.91 Å². The van der Waals surface area contributed by atoms with Crippen LogP contribution in [-0.4, -0.2) is 38.6 Å². The average Bonchev–Trinajstić information content (AvgIpc) is 2.67. The molecule has 0 fully saturated rings. The van der Waals surface area contributed by atoms with E-state index in [-0.39, 0.29) is 29.6 Å². The monoisotopic (exact) mass is 406 g/mol. The van der Waals surface area contributed by atoms with Gasteiger partial charge < -0.3 is 24.8 Å². The first-order valence-electron chi connectivity index (χ1n) is 8.10. The van der Waals surface area contributed by atoms with Crippen molar-refractivity contribution in [1.29, 1.82) is 0 Å². The Labute approximate surface area is 166 Å². The summed E-state index contributed by atoms with van der Waals surface area (Å²) in [6, 6.07) is 9.18. The molecule has 0 spiro atoms. The maximum Gasteiger partial charge on any atom is 0.343 e. The van der Waals surface area contributed by atoms with Gasteiger partial charge >= 0.3 is 5.97 Å². The molecule has 0 bridgehead atoms. The molecule has 2 rings (SSSR count). The quantitative estimate of drug-likeness (QED) is 0.685. The number of ether oxygens (including phenoxy) is 3. The van der Waals surface area contributed by atoms with E-state index in [1.807, 2.05) is 0 Å². The number of esters is 1. The lowest BCUT2D eigenvalue weighted by Crippen LogP contribution is -2.16. The molecule has 0 aliphatic heterocycles. The predicted octanol–water partition coefficient (Wildman–Crippen LogP) is 3.11. The molecule has 9 heteroatoms. The normalized spacial score (nSPS) is 10.0. The second-order valence-electron chi connectivity index (χ2n) is 5.56. The number of hydrogen-bond acceptors (Lipinski definition) is 6. The highest BCUT2D eigenvalue weighted by molar-refractivity contribution is 6.31.